The SMILES string of the molecule is CN=C(NCCc1ccc(C(F)(F)F)cc1)NCc1cn2c(C)cccc2n1. The van der Waals surface area contributed by atoms with Crippen LogP contribution >= 0.6 is 0 Å². The highest BCUT2D eigenvalue weighted by atomic mass is 19.4. The van der Waals surface area contributed by atoms with Crippen molar-refractivity contribution in [3.05, 3.63) is 71.2 Å². The van der Waals surface area contributed by atoms with E-state index in [1.54, 1.807) is 7.05 Å². The molecule has 0 aliphatic heterocycles. The van der Waals surface area contributed by atoms with E-state index in [2.05, 4.69) is 20.6 Å². The van der Waals surface area contributed by atoms with Gasteiger partial charge in [-0.15, -0.1) is 0 Å². The van der Waals surface area contributed by atoms with Gasteiger partial charge in [0.2, 0.25) is 0 Å². The molecule has 148 valence electrons. The van der Waals surface area contributed by atoms with Crippen molar-refractivity contribution >= 4 is 11.6 Å². The van der Waals surface area contributed by atoms with Gasteiger partial charge in [0.1, 0.15) is 5.65 Å². The molecule has 0 saturated heterocycles. The first-order chi connectivity index (χ1) is 13.4. The van der Waals surface area contributed by atoms with Crippen LogP contribution in [-0.4, -0.2) is 28.9 Å². The van der Waals surface area contributed by atoms with Crippen molar-refractivity contribution in [2.45, 2.75) is 26.1 Å². The summed E-state index contributed by atoms with van der Waals surface area (Å²) in [5.41, 5.74) is 3.08. The number of nitrogens with zero attached hydrogens (tertiary/aromatic N) is 3. The number of aromatic nitrogens is 2. The standard InChI is InChI=1S/C20H22F3N5/c1-14-4-3-5-18-27-17(13-28(14)18)12-26-19(24-2)25-11-10-15-6-8-16(9-7-15)20(21,22)23/h3-9,13H,10-12H2,1-2H3,(H2,24,25,26). The number of halogens is 3. The molecule has 0 amide bonds. The van der Waals surface area contributed by atoms with Gasteiger partial charge in [0.25, 0.3) is 0 Å². The van der Waals surface area contributed by atoms with E-state index in [1.807, 2.05) is 35.7 Å². The molecular formula is C20H22F3N5. The predicted molar refractivity (Wildman–Crippen MR) is 103 cm³/mol. The maximum absolute atomic E-state index is 12.6. The number of fused-ring (bicyclic) bond motifs is 1. The molecule has 3 rings (SSSR count). The Kier molecular flexibility index (Phi) is 5.87. The first-order valence-corrected chi connectivity index (χ1v) is 8.91. The lowest BCUT2D eigenvalue weighted by molar-refractivity contribution is -0.137. The van der Waals surface area contributed by atoms with Crippen molar-refractivity contribution in [1.29, 1.82) is 0 Å². The Morgan fingerprint density at radius 2 is 1.86 bits per heavy atom. The largest absolute Gasteiger partial charge is 0.416 e. The van der Waals surface area contributed by atoms with E-state index in [-0.39, 0.29) is 0 Å². The number of nitrogens with one attached hydrogen (secondary N) is 2. The van der Waals surface area contributed by atoms with E-state index >= 15 is 0 Å². The minimum absolute atomic E-state index is 0.515. The van der Waals surface area contributed by atoms with Crippen molar-refractivity contribution in [1.82, 2.24) is 20.0 Å². The number of benzene rings is 1. The summed E-state index contributed by atoms with van der Waals surface area (Å²) in [5, 5.41) is 6.36. The molecular weight excluding hydrogens is 367 g/mol. The number of hydrogen-bond acceptors (Lipinski definition) is 2. The summed E-state index contributed by atoms with van der Waals surface area (Å²) in [4.78, 5) is 8.72. The number of rotatable bonds is 5. The molecule has 3 aromatic rings. The minimum Gasteiger partial charge on any atom is -0.356 e. The Hall–Kier alpha value is -3.03. The first-order valence-electron chi connectivity index (χ1n) is 8.91. The Balaban J connectivity index is 1.50. The summed E-state index contributed by atoms with van der Waals surface area (Å²) in [6.45, 7) is 3.09. The lowest BCUT2D eigenvalue weighted by Gasteiger charge is -2.11. The van der Waals surface area contributed by atoms with Gasteiger partial charge in [0.15, 0.2) is 5.96 Å². The van der Waals surface area contributed by atoms with Crippen LogP contribution in [0, 0.1) is 6.92 Å². The highest BCUT2D eigenvalue weighted by Crippen LogP contribution is 2.29. The smallest absolute Gasteiger partial charge is 0.356 e. The van der Waals surface area contributed by atoms with Gasteiger partial charge in [-0.05, 0) is 43.2 Å². The van der Waals surface area contributed by atoms with Gasteiger partial charge in [-0.3, -0.25) is 4.99 Å². The third-order valence-electron chi connectivity index (χ3n) is 4.39. The van der Waals surface area contributed by atoms with Gasteiger partial charge in [-0.25, -0.2) is 4.98 Å². The fourth-order valence-electron chi connectivity index (χ4n) is 2.86. The second-order valence-electron chi connectivity index (χ2n) is 6.42. The molecule has 0 bridgehead atoms. The predicted octanol–water partition coefficient (Wildman–Crippen LogP) is 3.57. The van der Waals surface area contributed by atoms with Gasteiger partial charge in [0.05, 0.1) is 17.8 Å². The number of hydrogen-bond donors (Lipinski definition) is 2. The quantitative estimate of drug-likeness (QED) is 0.518. The van der Waals surface area contributed by atoms with Crippen molar-refractivity contribution < 1.29 is 13.2 Å². The lowest BCUT2D eigenvalue weighted by atomic mass is 10.1. The Labute approximate surface area is 161 Å². The third kappa shape index (κ3) is 4.82. The van der Waals surface area contributed by atoms with Crippen LogP contribution < -0.4 is 10.6 Å². The minimum atomic E-state index is -4.31. The third-order valence-corrected chi connectivity index (χ3v) is 4.39. The summed E-state index contributed by atoms with van der Waals surface area (Å²) in [6.07, 6.45) is -1.74. The maximum Gasteiger partial charge on any atom is 0.416 e. The number of alkyl halides is 3. The van der Waals surface area contributed by atoms with Crippen LogP contribution in [0.4, 0.5) is 13.2 Å². The fraction of sp³-hybridized carbons (Fsp3) is 0.300. The summed E-state index contributed by atoms with van der Waals surface area (Å²) >= 11 is 0. The van der Waals surface area contributed by atoms with Gasteiger partial charge in [0, 0.05) is 25.5 Å². The highest BCUT2D eigenvalue weighted by molar-refractivity contribution is 5.79. The monoisotopic (exact) mass is 389 g/mol. The molecule has 28 heavy (non-hydrogen) atoms. The molecule has 5 nitrogen and oxygen atoms in total. The van der Waals surface area contributed by atoms with Crippen LogP contribution in [-0.2, 0) is 19.1 Å². The second-order valence-corrected chi connectivity index (χ2v) is 6.42. The highest BCUT2D eigenvalue weighted by Gasteiger charge is 2.29. The molecule has 0 fully saturated rings. The molecule has 8 heteroatoms. The van der Waals surface area contributed by atoms with E-state index in [0.717, 1.165) is 34.7 Å². The van der Waals surface area contributed by atoms with E-state index in [9.17, 15) is 13.2 Å². The molecule has 2 heterocycles. The van der Waals surface area contributed by atoms with Crippen LogP contribution in [0.3, 0.4) is 0 Å². The van der Waals surface area contributed by atoms with E-state index in [0.29, 0.717) is 25.5 Å². The van der Waals surface area contributed by atoms with Gasteiger partial charge < -0.3 is 15.0 Å². The van der Waals surface area contributed by atoms with Crippen molar-refractivity contribution in [2.75, 3.05) is 13.6 Å². The number of guanidine groups is 1. The van der Waals surface area contributed by atoms with Gasteiger partial charge in [-0.1, -0.05) is 18.2 Å². The lowest BCUT2D eigenvalue weighted by Crippen LogP contribution is -2.37. The van der Waals surface area contributed by atoms with Crippen molar-refractivity contribution in [2.24, 2.45) is 4.99 Å². The summed E-state index contributed by atoms with van der Waals surface area (Å²) < 4.78 is 39.8. The van der Waals surface area contributed by atoms with Crippen LogP contribution in [0.2, 0.25) is 0 Å². The molecule has 0 radical (unpaired) electrons. The van der Waals surface area contributed by atoms with E-state index < -0.39 is 11.7 Å². The van der Waals surface area contributed by atoms with Crippen molar-refractivity contribution in [3.63, 3.8) is 0 Å². The molecule has 0 atom stereocenters. The van der Waals surface area contributed by atoms with Crippen LogP contribution in [0.5, 0.6) is 0 Å². The van der Waals surface area contributed by atoms with Crippen LogP contribution in [0.15, 0.2) is 53.7 Å². The molecule has 2 aromatic heterocycles. The Bertz CT molecular complexity index is 958. The molecule has 0 saturated carbocycles. The van der Waals surface area contributed by atoms with Crippen LogP contribution in [0.1, 0.15) is 22.5 Å². The van der Waals surface area contributed by atoms with Crippen LogP contribution in [0.25, 0.3) is 5.65 Å². The number of imidazole rings is 1. The maximum atomic E-state index is 12.6. The number of aliphatic imine (C=N–C) groups is 1. The normalized spacial score (nSPS) is 12.4. The average molecular weight is 389 g/mol. The number of pyridine rings is 1. The summed E-state index contributed by atoms with van der Waals surface area (Å²) in [7, 11) is 1.67. The Morgan fingerprint density at radius 3 is 2.50 bits per heavy atom. The molecule has 0 unspecified atom stereocenters. The van der Waals surface area contributed by atoms with Gasteiger partial charge >= 0.3 is 6.18 Å². The summed E-state index contributed by atoms with van der Waals surface area (Å²) in [5.74, 6) is 0.612. The Morgan fingerprint density at radius 1 is 1.11 bits per heavy atom. The summed E-state index contributed by atoms with van der Waals surface area (Å²) in [6, 6.07) is 11.2. The molecule has 0 spiro atoms. The topological polar surface area (TPSA) is 53.7 Å². The second kappa shape index (κ2) is 8.33. The molecule has 1 aromatic carbocycles. The van der Waals surface area contributed by atoms with E-state index in [4.69, 9.17) is 0 Å². The van der Waals surface area contributed by atoms with Crippen molar-refractivity contribution in [3.8, 4) is 0 Å². The molecule has 0 aliphatic carbocycles. The molecule has 0 aliphatic rings. The molecule has 2 N–H and O–H groups in total. The first kappa shape index (κ1) is 19.7. The zero-order valence-electron chi connectivity index (χ0n) is 15.7. The number of aryl methyl sites for hydroxylation is 1. The zero-order valence-corrected chi connectivity index (χ0v) is 15.7. The average Bonchev–Trinajstić information content (AvgIpc) is 3.09. The van der Waals surface area contributed by atoms with Gasteiger partial charge in [-0.2, -0.15) is 13.2 Å². The zero-order chi connectivity index (χ0) is 20.1. The fourth-order valence-corrected chi connectivity index (χ4v) is 2.86. The van der Waals surface area contributed by atoms with E-state index in [1.165, 1.54) is 12.1 Å².